The van der Waals surface area contributed by atoms with Gasteiger partial charge in [0.15, 0.2) is 0 Å². The van der Waals surface area contributed by atoms with Crippen LogP contribution in [0, 0.1) is 15.9 Å². The van der Waals surface area contributed by atoms with Crippen LogP contribution < -0.4 is 10.5 Å². The smallest absolute Gasteiger partial charge is 0.305 e. The van der Waals surface area contributed by atoms with Crippen molar-refractivity contribution in [2.75, 3.05) is 5.73 Å². The van der Waals surface area contributed by atoms with Gasteiger partial charge in [-0.1, -0.05) is 0 Å². The number of hydrogen-bond acceptors (Lipinski definition) is 5. The largest absolute Gasteiger partial charge is 0.456 e. The monoisotopic (exact) mass is 249 g/mol. The molecule has 1 aromatic heterocycles. The summed E-state index contributed by atoms with van der Waals surface area (Å²) in [4.78, 5) is 13.4. The van der Waals surface area contributed by atoms with Gasteiger partial charge in [0.25, 0.3) is 0 Å². The number of aromatic nitrogens is 1. The first-order valence-electron chi connectivity index (χ1n) is 4.88. The van der Waals surface area contributed by atoms with E-state index < -0.39 is 16.4 Å². The molecule has 0 bridgehead atoms. The van der Waals surface area contributed by atoms with E-state index in [1.807, 2.05) is 0 Å². The van der Waals surface area contributed by atoms with Gasteiger partial charge in [0.1, 0.15) is 11.5 Å². The first-order valence-corrected chi connectivity index (χ1v) is 4.88. The maximum atomic E-state index is 13.3. The highest BCUT2D eigenvalue weighted by atomic mass is 19.1. The van der Waals surface area contributed by atoms with Crippen LogP contribution in [0.2, 0.25) is 0 Å². The number of pyridine rings is 1. The fourth-order valence-electron chi connectivity index (χ4n) is 1.33. The van der Waals surface area contributed by atoms with Crippen LogP contribution in [0.25, 0.3) is 0 Å². The number of rotatable bonds is 3. The van der Waals surface area contributed by atoms with E-state index >= 15 is 0 Å². The molecular formula is C11H8FN3O3. The Morgan fingerprint density at radius 3 is 2.67 bits per heavy atom. The lowest BCUT2D eigenvalue weighted by molar-refractivity contribution is -0.387. The molecule has 0 amide bonds. The van der Waals surface area contributed by atoms with Crippen molar-refractivity contribution in [1.82, 2.24) is 4.98 Å². The van der Waals surface area contributed by atoms with Crippen molar-refractivity contribution in [2.45, 2.75) is 0 Å². The Labute approximate surface area is 101 Å². The maximum absolute atomic E-state index is 13.3. The molecule has 6 nitrogen and oxygen atoms in total. The van der Waals surface area contributed by atoms with Gasteiger partial charge in [0.05, 0.1) is 23.0 Å². The second kappa shape index (κ2) is 4.66. The summed E-state index contributed by atoms with van der Waals surface area (Å²) in [6, 6.07) is 4.77. The third-order valence-electron chi connectivity index (χ3n) is 2.09. The quantitative estimate of drug-likeness (QED) is 0.666. The Morgan fingerprint density at radius 2 is 2.06 bits per heavy atom. The molecule has 0 spiro atoms. The lowest BCUT2D eigenvalue weighted by Crippen LogP contribution is -1.94. The minimum atomic E-state index is -0.964. The van der Waals surface area contributed by atoms with Gasteiger partial charge in [-0.2, -0.15) is 4.39 Å². The molecule has 0 saturated carbocycles. The molecule has 2 N–H and O–H groups in total. The van der Waals surface area contributed by atoms with Gasteiger partial charge in [-0.25, -0.2) is 0 Å². The van der Waals surface area contributed by atoms with Crippen LogP contribution in [0.5, 0.6) is 11.5 Å². The molecule has 0 atom stereocenters. The first kappa shape index (κ1) is 11.8. The van der Waals surface area contributed by atoms with Crippen molar-refractivity contribution in [1.29, 1.82) is 0 Å². The zero-order valence-electron chi connectivity index (χ0n) is 9.04. The van der Waals surface area contributed by atoms with Gasteiger partial charge < -0.3 is 10.5 Å². The van der Waals surface area contributed by atoms with E-state index in [1.165, 1.54) is 24.5 Å². The van der Waals surface area contributed by atoms with Crippen LogP contribution in [-0.4, -0.2) is 9.91 Å². The molecule has 0 aliphatic heterocycles. The highest BCUT2D eigenvalue weighted by molar-refractivity contribution is 5.43. The SMILES string of the molecule is Nc1cncc(Oc2ccc([N+](=O)[O-])c(F)c2)c1. The number of nitrogens with zero attached hydrogens (tertiary/aromatic N) is 2. The summed E-state index contributed by atoms with van der Waals surface area (Å²) in [7, 11) is 0. The van der Waals surface area contributed by atoms with Crippen molar-refractivity contribution in [2.24, 2.45) is 0 Å². The van der Waals surface area contributed by atoms with Crippen molar-refractivity contribution in [3.8, 4) is 11.5 Å². The highest BCUT2D eigenvalue weighted by Crippen LogP contribution is 2.26. The van der Waals surface area contributed by atoms with Crippen LogP contribution in [0.15, 0.2) is 36.7 Å². The van der Waals surface area contributed by atoms with Gasteiger partial charge in [0.2, 0.25) is 5.82 Å². The first-order chi connectivity index (χ1) is 8.56. The van der Waals surface area contributed by atoms with E-state index in [0.29, 0.717) is 11.4 Å². The molecule has 7 heteroatoms. The lowest BCUT2D eigenvalue weighted by Gasteiger charge is -2.05. The third kappa shape index (κ3) is 2.51. The molecular weight excluding hydrogens is 241 g/mol. The zero-order valence-corrected chi connectivity index (χ0v) is 9.04. The number of nitrogen functional groups attached to an aromatic ring is 1. The maximum Gasteiger partial charge on any atom is 0.305 e. The summed E-state index contributed by atoms with van der Waals surface area (Å²) in [6.07, 6.45) is 2.83. The number of ether oxygens (including phenoxy) is 1. The van der Waals surface area contributed by atoms with Crippen LogP contribution in [-0.2, 0) is 0 Å². The van der Waals surface area contributed by atoms with E-state index in [4.69, 9.17) is 10.5 Å². The van der Waals surface area contributed by atoms with Gasteiger partial charge in [-0.05, 0) is 6.07 Å². The van der Waals surface area contributed by atoms with Crippen LogP contribution >= 0.6 is 0 Å². The van der Waals surface area contributed by atoms with Gasteiger partial charge in [-0.15, -0.1) is 0 Å². The Bertz CT molecular complexity index is 604. The molecule has 0 aliphatic rings. The fourth-order valence-corrected chi connectivity index (χ4v) is 1.33. The van der Waals surface area contributed by atoms with E-state index in [2.05, 4.69) is 4.98 Å². The average Bonchev–Trinajstić information content (AvgIpc) is 2.28. The summed E-state index contributed by atoms with van der Waals surface area (Å²) in [6.45, 7) is 0. The van der Waals surface area contributed by atoms with E-state index in [-0.39, 0.29) is 5.75 Å². The molecule has 1 heterocycles. The summed E-state index contributed by atoms with van der Waals surface area (Å²) in [5, 5.41) is 10.4. The molecule has 18 heavy (non-hydrogen) atoms. The van der Waals surface area contributed by atoms with Gasteiger partial charge in [-0.3, -0.25) is 15.1 Å². The van der Waals surface area contributed by atoms with Crippen molar-refractivity contribution in [3.05, 3.63) is 52.6 Å². The standard InChI is InChI=1S/C11H8FN3O3/c12-10-4-8(1-2-11(10)15(16)17)18-9-3-7(13)5-14-6-9/h1-6H,13H2. The number of halogens is 1. The van der Waals surface area contributed by atoms with E-state index in [1.54, 1.807) is 0 Å². The number of nitro benzene ring substituents is 1. The molecule has 0 aliphatic carbocycles. The summed E-state index contributed by atoms with van der Waals surface area (Å²) in [5.74, 6) is -0.511. The average molecular weight is 249 g/mol. The van der Waals surface area contributed by atoms with Gasteiger partial charge >= 0.3 is 5.69 Å². The number of hydrogen-bond donors (Lipinski definition) is 1. The number of benzene rings is 1. The summed E-state index contributed by atoms with van der Waals surface area (Å²) >= 11 is 0. The molecule has 2 rings (SSSR count). The fraction of sp³-hybridized carbons (Fsp3) is 0. The predicted molar refractivity (Wildman–Crippen MR) is 61.8 cm³/mol. The zero-order chi connectivity index (χ0) is 13.1. The topological polar surface area (TPSA) is 91.3 Å². The van der Waals surface area contributed by atoms with Crippen molar-refractivity contribution < 1.29 is 14.1 Å². The van der Waals surface area contributed by atoms with Crippen LogP contribution in [0.1, 0.15) is 0 Å². The lowest BCUT2D eigenvalue weighted by atomic mass is 10.3. The number of nitrogens with two attached hydrogens (primary N) is 1. The second-order valence-corrected chi connectivity index (χ2v) is 3.43. The molecule has 0 radical (unpaired) electrons. The Morgan fingerprint density at radius 1 is 1.28 bits per heavy atom. The Kier molecular flexibility index (Phi) is 3.05. The van der Waals surface area contributed by atoms with Crippen molar-refractivity contribution in [3.63, 3.8) is 0 Å². The van der Waals surface area contributed by atoms with Gasteiger partial charge in [0, 0.05) is 18.2 Å². The van der Waals surface area contributed by atoms with E-state index in [9.17, 15) is 14.5 Å². The Balaban J connectivity index is 2.25. The minimum absolute atomic E-state index is 0.130. The molecule has 0 unspecified atom stereocenters. The Hall–Kier alpha value is -2.70. The number of nitro groups is 1. The normalized spacial score (nSPS) is 10.1. The second-order valence-electron chi connectivity index (χ2n) is 3.43. The minimum Gasteiger partial charge on any atom is -0.456 e. The third-order valence-corrected chi connectivity index (χ3v) is 2.09. The molecule has 1 aromatic carbocycles. The highest BCUT2D eigenvalue weighted by Gasteiger charge is 2.14. The molecule has 92 valence electrons. The van der Waals surface area contributed by atoms with E-state index in [0.717, 1.165) is 12.1 Å². The summed E-state index contributed by atoms with van der Waals surface area (Å²) < 4.78 is 18.6. The number of anilines is 1. The van der Waals surface area contributed by atoms with Crippen LogP contribution in [0.4, 0.5) is 15.8 Å². The van der Waals surface area contributed by atoms with Crippen LogP contribution in [0.3, 0.4) is 0 Å². The molecule has 0 fully saturated rings. The predicted octanol–water partition coefficient (Wildman–Crippen LogP) is 2.50. The molecule has 2 aromatic rings. The summed E-state index contributed by atoms with van der Waals surface area (Å²) in [5.41, 5.74) is 5.29. The van der Waals surface area contributed by atoms with Crippen molar-refractivity contribution >= 4 is 11.4 Å². The molecule has 0 saturated heterocycles.